The summed E-state index contributed by atoms with van der Waals surface area (Å²) in [6.07, 6.45) is 6.25. The van der Waals surface area contributed by atoms with Crippen LogP contribution in [0.4, 0.5) is 0 Å². The van der Waals surface area contributed by atoms with Crippen molar-refractivity contribution in [3.8, 4) is 5.88 Å². The van der Waals surface area contributed by atoms with Crippen molar-refractivity contribution in [2.75, 3.05) is 13.7 Å². The van der Waals surface area contributed by atoms with Gasteiger partial charge in [-0.1, -0.05) is 6.08 Å². The molecule has 0 spiro atoms. The van der Waals surface area contributed by atoms with Gasteiger partial charge in [0.25, 0.3) is 0 Å². The molecule has 1 fully saturated rings. The summed E-state index contributed by atoms with van der Waals surface area (Å²) >= 11 is 0. The van der Waals surface area contributed by atoms with Gasteiger partial charge in [0, 0.05) is 18.5 Å². The molecule has 2 unspecified atom stereocenters. The Hall–Kier alpha value is -2.48. The Morgan fingerprint density at radius 2 is 2.23 bits per heavy atom. The summed E-state index contributed by atoms with van der Waals surface area (Å²) in [5, 5.41) is 11.9. The van der Waals surface area contributed by atoms with E-state index in [1.54, 1.807) is 0 Å². The number of carbonyl (C=O) groups excluding carboxylic acids is 1. The first kappa shape index (κ1) is 14.5. The van der Waals surface area contributed by atoms with Crippen LogP contribution in [0.1, 0.15) is 18.5 Å². The zero-order valence-electron chi connectivity index (χ0n) is 11.9. The fraction of sp³-hybridized carbons (Fsp3) is 0.429. The first-order valence-corrected chi connectivity index (χ1v) is 6.84. The number of carboxylic acids is 1. The number of esters is 1. The third-order valence-electron chi connectivity index (χ3n) is 3.91. The summed E-state index contributed by atoms with van der Waals surface area (Å²) in [6, 6.07) is 0. The van der Waals surface area contributed by atoms with E-state index in [1.165, 1.54) is 19.5 Å². The summed E-state index contributed by atoms with van der Waals surface area (Å²) in [6.45, 7) is 0.625. The molecule has 2 N–H and O–H groups in total. The molecule has 2 bridgehead atoms. The molecule has 3 heterocycles. The number of nitrogens with one attached hydrogen (secondary N) is 1. The number of methoxy groups -OCH3 is 1. The number of rotatable bonds is 3. The molecule has 1 aromatic rings. The van der Waals surface area contributed by atoms with E-state index in [0.717, 1.165) is 6.42 Å². The van der Waals surface area contributed by atoms with Crippen LogP contribution >= 0.6 is 0 Å². The van der Waals surface area contributed by atoms with Crippen LogP contribution in [0.3, 0.4) is 0 Å². The minimum absolute atomic E-state index is 0.296. The number of carbonyl (C=O) groups is 2. The van der Waals surface area contributed by atoms with E-state index in [0.29, 0.717) is 36.0 Å². The Labute approximate surface area is 126 Å². The second-order valence-corrected chi connectivity index (χ2v) is 5.23. The zero-order valence-corrected chi connectivity index (χ0v) is 11.9. The number of hydrogen-bond donors (Lipinski definition) is 2. The largest absolute Gasteiger partial charge is 0.480 e. The molecule has 0 amide bonds. The van der Waals surface area contributed by atoms with E-state index in [4.69, 9.17) is 14.6 Å². The minimum Gasteiger partial charge on any atom is -0.480 e. The van der Waals surface area contributed by atoms with E-state index >= 15 is 0 Å². The van der Waals surface area contributed by atoms with Crippen LogP contribution in [-0.2, 0) is 14.3 Å². The molecule has 4 rings (SSSR count). The molecule has 8 heteroatoms. The first-order chi connectivity index (χ1) is 10.5. The predicted octanol–water partition coefficient (Wildman–Crippen LogP) is 0.206. The predicted molar refractivity (Wildman–Crippen MR) is 73.7 cm³/mol. The minimum atomic E-state index is -1.62. The molecular weight excluding hydrogens is 290 g/mol. The van der Waals surface area contributed by atoms with Crippen LogP contribution in [0.5, 0.6) is 5.88 Å². The Balaban J connectivity index is 1.96. The lowest BCUT2D eigenvalue weighted by atomic mass is 9.78. The van der Waals surface area contributed by atoms with Gasteiger partial charge in [-0.25, -0.2) is 19.6 Å². The average molecular weight is 305 g/mol. The van der Waals surface area contributed by atoms with Crippen molar-refractivity contribution in [3.05, 3.63) is 24.2 Å². The van der Waals surface area contributed by atoms with E-state index in [-0.39, 0.29) is 0 Å². The standard InChI is InChI=1S/C14H15N3O5/c1-21-11-7-15-10(6-16-11)9-4-8-2-3-14(9,17-5-8)22-13(20)12(18)19/h4,6-8,17H,2-3,5H2,1H3,(H,18,19). The lowest BCUT2D eigenvalue weighted by Gasteiger charge is -2.45. The van der Waals surface area contributed by atoms with E-state index in [1.807, 2.05) is 6.08 Å². The van der Waals surface area contributed by atoms with Crippen LogP contribution in [-0.4, -0.2) is 46.4 Å². The maximum Gasteiger partial charge on any atom is 0.419 e. The maximum absolute atomic E-state index is 11.5. The molecule has 1 aromatic heterocycles. The number of aromatic nitrogens is 2. The monoisotopic (exact) mass is 305 g/mol. The van der Waals surface area contributed by atoms with E-state index < -0.39 is 17.7 Å². The number of piperidine rings is 1. The third kappa shape index (κ3) is 2.41. The Bertz CT molecular complexity index is 632. The topological polar surface area (TPSA) is 111 Å². The van der Waals surface area contributed by atoms with Gasteiger partial charge in [0.2, 0.25) is 5.88 Å². The van der Waals surface area contributed by atoms with Crippen LogP contribution in [0.25, 0.3) is 5.57 Å². The molecule has 8 nitrogen and oxygen atoms in total. The number of nitrogens with zero attached hydrogens (tertiary/aromatic N) is 2. The van der Waals surface area contributed by atoms with Gasteiger partial charge < -0.3 is 14.6 Å². The molecule has 0 radical (unpaired) electrons. The van der Waals surface area contributed by atoms with Crippen LogP contribution in [0, 0.1) is 5.92 Å². The van der Waals surface area contributed by atoms with Gasteiger partial charge in [-0.2, -0.15) is 0 Å². The normalized spacial score (nSPS) is 26.2. The molecule has 2 atom stereocenters. The lowest BCUT2D eigenvalue weighted by Crippen LogP contribution is -2.58. The summed E-state index contributed by atoms with van der Waals surface area (Å²) in [4.78, 5) is 30.7. The van der Waals surface area contributed by atoms with Crippen molar-refractivity contribution in [3.63, 3.8) is 0 Å². The summed E-state index contributed by atoms with van der Waals surface area (Å²) in [5.74, 6) is -2.25. The molecule has 3 aliphatic rings. The molecule has 1 aliphatic carbocycles. The van der Waals surface area contributed by atoms with Gasteiger partial charge in [0.15, 0.2) is 5.72 Å². The highest BCUT2D eigenvalue weighted by Gasteiger charge is 2.47. The lowest BCUT2D eigenvalue weighted by molar-refractivity contribution is -0.175. The molecule has 0 saturated carbocycles. The van der Waals surface area contributed by atoms with Gasteiger partial charge in [-0.3, -0.25) is 5.32 Å². The van der Waals surface area contributed by atoms with Crippen molar-refractivity contribution < 1.29 is 24.2 Å². The Morgan fingerprint density at radius 3 is 2.77 bits per heavy atom. The van der Waals surface area contributed by atoms with Crippen molar-refractivity contribution >= 4 is 17.5 Å². The number of hydrogen-bond acceptors (Lipinski definition) is 7. The highest BCUT2D eigenvalue weighted by Crippen LogP contribution is 2.42. The summed E-state index contributed by atoms with van der Waals surface area (Å²) in [7, 11) is 1.49. The third-order valence-corrected chi connectivity index (χ3v) is 3.91. The molecule has 1 saturated heterocycles. The number of carboxylic acid groups (broad SMARTS) is 1. The maximum atomic E-state index is 11.5. The number of aliphatic carboxylic acids is 1. The molecule has 0 aromatic carbocycles. The molecule has 22 heavy (non-hydrogen) atoms. The van der Waals surface area contributed by atoms with Crippen LogP contribution < -0.4 is 10.1 Å². The molecular formula is C14H15N3O5. The highest BCUT2D eigenvalue weighted by atomic mass is 16.6. The van der Waals surface area contributed by atoms with Gasteiger partial charge in [0.1, 0.15) is 0 Å². The van der Waals surface area contributed by atoms with Crippen LogP contribution in [0.2, 0.25) is 0 Å². The smallest absolute Gasteiger partial charge is 0.419 e. The van der Waals surface area contributed by atoms with Gasteiger partial charge in [-0.05, 0) is 12.3 Å². The van der Waals surface area contributed by atoms with Crippen molar-refractivity contribution in [2.45, 2.75) is 18.6 Å². The van der Waals surface area contributed by atoms with E-state index in [9.17, 15) is 9.59 Å². The fourth-order valence-corrected chi connectivity index (χ4v) is 2.81. The molecule has 2 aliphatic heterocycles. The van der Waals surface area contributed by atoms with Crippen molar-refractivity contribution in [1.29, 1.82) is 0 Å². The second kappa shape index (κ2) is 5.38. The highest BCUT2D eigenvalue weighted by molar-refractivity contribution is 6.29. The second-order valence-electron chi connectivity index (χ2n) is 5.23. The van der Waals surface area contributed by atoms with Crippen LogP contribution in [0.15, 0.2) is 18.5 Å². The first-order valence-electron chi connectivity index (χ1n) is 6.84. The Kier molecular flexibility index (Phi) is 3.53. The number of fused-ring (bicyclic) bond motifs is 2. The quantitative estimate of drug-likeness (QED) is 0.602. The van der Waals surface area contributed by atoms with Gasteiger partial charge >= 0.3 is 11.9 Å². The average Bonchev–Trinajstić information content (AvgIpc) is 2.55. The summed E-state index contributed by atoms with van der Waals surface area (Å²) in [5.41, 5.74) is 0.00340. The SMILES string of the molecule is COc1cnc(C2=CC3CCC2(OC(=O)C(=O)O)NC3)cn1. The zero-order chi connectivity index (χ0) is 15.7. The van der Waals surface area contributed by atoms with Crippen molar-refractivity contribution in [1.82, 2.24) is 15.3 Å². The molecule has 116 valence electrons. The van der Waals surface area contributed by atoms with E-state index in [2.05, 4.69) is 15.3 Å². The fourth-order valence-electron chi connectivity index (χ4n) is 2.81. The summed E-state index contributed by atoms with van der Waals surface area (Å²) < 4.78 is 10.2. The number of ether oxygens (including phenoxy) is 2. The van der Waals surface area contributed by atoms with Crippen molar-refractivity contribution in [2.24, 2.45) is 5.92 Å². The van der Waals surface area contributed by atoms with Gasteiger partial charge in [-0.15, -0.1) is 0 Å². The van der Waals surface area contributed by atoms with Gasteiger partial charge in [0.05, 0.1) is 25.2 Å². The Morgan fingerprint density at radius 1 is 1.41 bits per heavy atom.